The minimum atomic E-state index is -4.53. The molecule has 1 aliphatic carbocycles. The van der Waals surface area contributed by atoms with Crippen molar-refractivity contribution >= 4 is 5.69 Å². The molecule has 19 heavy (non-hydrogen) atoms. The van der Waals surface area contributed by atoms with E-state index in [1.807, 2.05) is 0 Å². The molecule has 0 aliphatic heterocycles. The van der Waals surface area contributed by atoms with Crippen LogP contribution in [0.4, 0.5) is 18.9 Å². The molecule has 1 saturated carbocycles. The highest BCUT2D eigenvalue weighted by atomic mass is 19.4. The maximum absolute atomic E-state index is 12.6. The molecule has 0 heterocycles. The number of rotatable bonds is 4. The van der Waals surface area contributed by atoms with Crippen molar-refractivity contribution in [3.05, 3.63) is 29.3 Å². The summed E-state index contributed by atoms with van der Waals surface area (Å²) in [6.45, 7) is 0.279. The van der Waals surface area contributed by atoms with E-state index in [9.17, 15) is 18.3 Å². The number of aliphatic hydroxyl groups is 1. The molecule has 0 spiro atoms. The van der Waals surface area contributed by atoms with Crippen molar-refractivity contribution in [2.24, 2.45) is 5.92 Å². The van der Waals surface area contributed by atoms with Gasteiger partial charge < -0.3 is 10.4 Å². The molecule has 1 aromatic carbocycles. The van der Waals surface area contributed by atoms with Gasteiger partial charge in [-0.1, -0.05) is 0 Å². The molecule has 6 heteroatoms. The maximum Gasteiger partial charge on any atom is 0.417 e. The van der Waals surface area contributed by atoms with E-state index in [-0.39, 0.29) is 12.5 Å². The van der Waals surface area contributed by atoms with E-state index in [1.165, 1.54) is 6.07 Å². The highest BCUT2D eigenvalue weighted by Gasteiger charge is 2.33. The van der Waals surface area contributed by atoms with Crippen LogP contribution in [0.15, 0.2) is 18.2 Å². The average Bonchev–Trinajstić information content (AvgIpc) is 3.18. The molecule has 0 saturated heterocycles. The van der Waals surface area contributed by atoms with Gasteiger partial charge in [-0.15, -0.1) is 0 Å². The number of benzene rings is 1. The maximum atomic E-state index is 12.6. The van der Waals surface area contributed by atoms with Crippen molar-refractivity contribution in [1.29, 1.82) is 5.26 Å². The van der Waals surface area contributed by atoms with Crippen molar-refractivity contribution in [2.45, 2.75) is 25.1 Å². The molecule has 1 fully saturated rings. The van der Waals surface area contributed by atoms with Crippen LogP contribution >= 0.6 is 0 Å². The largest absolute Gasteiger partial charge is 0.417 e. The number of alkyl halides is 3. The zero-order valence-electron chi connectivity index (χ0n) is 10.0. The first-order valence-electron chi connectivity index (χ1n) is 5.95. The van der Waals surface area contributed by atoms with Gasteiger partial charge >= 0.3 is 6.18 Å². The minimum absolute atomic E-state index is 0.279. The summed E-state index contributed by atoms with van der Waals surface area (Å²) >= 11 is 0. The Morgan fingerprint density at radius 3 is 2.63 bits per heavy atom. The Balaban J connectivity index is 2.08. The quantitative estimate of drug-likeness (QED) is 0.884. The Hall–Kier alpha value is -1.74. The molecule has 3 nitrogen and oxygen atoms in total. The van der Waals surface area contributed by atoms with E-state index in [2.05, 4.69) is 5.32 Å². The van der Waals surface area contributed by atoms with Gasteiger partial charge in [-0.2, -0.15) is 18.4 Å². The molecule has 2 N–H and O–H groups in total. The van der Waals surface area contributed by atoms with Gasteiger partial charge in [0.2, 0.25) is 0 Å². The number of aliphatic hydroxyl groups excluding tert-OH is 1. The second-order valence-corrected chi connectivity index (χ2v) is 4.66. The number of nitrogens with one attached hydrogen (secondary N) is 1. The molecule has 2 rings (SSSR count). The van der Waals surface area contributed by atoms with Crippen molar-refractivity contribution in [2.75, 3.05) is 11.9 Å². The predicted molar refractivity (Wildman–Crippen MR) is 63.4 cm³/mol. The first-order valence-corrected chi connectivity index (χ1v) is 5.95. The number of hydrogen-bond donors (Lipinski definition) is 2. The summed E-state index contributed by atoms with van der Waals surface area (Å²) < 4.78 is 37.8. The molecule has 0 radical (unpaired) electrons. The third kappa shape index (κ3) is 3.38. The fourth-order valence-corrected chi connectivity index (χ4v) is 1.86. The Bertz CT molecular complexity index is 504. The van der Waals surface area contributed by atoms with E-state index >= 15 is 0 Å². The fraction of sp³-hybridized carbons (Fsp3) is 0.462. The van der Waals surface area contributed by atoms with Crippen molar-refractivity contribution in [3.8, 4) is 6.07 Å². The molecule has 1 aliphatic rings. The number of anilines is 1. The van der Waals surface area contributed by atoms with Gasteiger partial charge in [-0.25, -0.2) is 0 Å². The van der Waals surface area contributed by atoms with E-state index in [1.54, 1.807) is 6.07 Å². The Labute approximate surface area is 108 Å². The smallest absolute Gasteiger partial charge is 0.391 e. The average molecular weight is 270 g/mol. The van der Waals surface area contributed by atoms with Crippen LogP contribution in [0.5, 0.6) is 0 Å². The highest BCUT2D eigenvalue weighted by molar-refractivity contribution is 5.53. The summed E-state index contributed by atoms with van der Waals surface area (Å²) in [7, 11) is 0. The number of nitrogens with zero attached hydrogens (tertiary/aromatic N) is 1. The van der Waals surface area contributed by atoms with Crippen LogP contribution in [0, 0.1) is 17.2 Å². The monoisotopic (exact) mass is 270 g/mol. The topological polar surface area (TPSA) is 56.0 Å². The van der Waals surface area contributed by atoms with E-state index in [0.717, 1.165) is 25.0 Å². The number of halogens is 3. The lowest BCUT2D eigenvalue weighted by molar-refractivity contribution is -0.137. The van der Waals surface area contributed by atoms with Gasteiger partial charge in [-0.05, 0) is 37.0 Å². The zero-order valence-corrected chi connectivity index (χ0v) is 10.0. The van der Waals surface area contributed by atoms with Crippen molar-refractivity contribution in [3.63, 3.8) is 0 Å². The van der Waals surface area contributed by atoms with Crippen LogP contribution in [0.3, 0.4) is 0 Å². The van der Waals surface area contributed by atoms with Crippen molar-refractivity contribution < 1.29 is 18.3 Å². The summed E-state index contributed by atoms with van der Waals surface area (Å²) in [5, 5.41) is 21.3. The summed E-state index contributed by atoms with van der Waals surface area (Å²) in [6.07, 6.45) is -3.05. The van der Waals surface area contributed by atoms with E-state index < -0.39 is 23.4 Å². The second kappa shape index (κ2) is 5.10. The molecular formula is C13H13F3N2O. The molecule has 102 valence electrons. The lowest BCUT2D eigenvalue weighted by Crippen LogP contribution is -2.21. The molecular weight excluding hydrogens is 257 g/mol. The van der Waals surface area contributed by atoms with Crippen LogP contribution in [0.25, 0.3) is 0 Å². The van der Waals surface area contributed by atoms with Crippen LogP contribution < -0.4 is 5.32 Å². The SMILES string of the molecule is N#Cc1cc(NCC(O)C2CC2)ccc1C(F)(F)F. The summed E-state index contributed by atoms with van der Waals surface area (Å²) in [4.78, 5) is 0. The number of nitriles is 1. The molecule has 1 unspecified atom stereocenters. The second-order valence-electron chi connectivity index (χ2n) is 4.66. The zero-order chi connectivity index (χ0) is 14.0. The third-order valence-corrected chi connectivity index (χ3v) is 3.13. The van der Waals surface area contributed by atoms with Gasteiger partial charge in [0.1, 0.15) is 0 Å². The van der Waals surface area contributed by atoms with Crippen LogP contribution in [0.2, 0.25) is 0 Å². The Morgan fingerprint density at radius 2 is 2.11 bits per heavy atom. The molecule has 0 aromatic heterocycles. The molecule has 1 atom stereocenters. The summed E-state index contributed by atoms with van der Waals surface area (Å²) in [5.74, 6) is 0.289. The van der Waals surface area contributed by atoms with Gasteiger partial charge in [0.25, 0.3) is 0 Å². The van der Waals surface area contributed by atoms with E-state index in [0.29, 0.717) is 5.69 Å². The summed E-state index contributed by atoms with van der Waals surface area (Å²) in [5.41, 5.74) is -0.953. The van der Waals surface area contributed by atoms with Crippen LogP contribution in [-0.2, 0) is 6.18 Å². The van der Waals surface area contributed by atoms with Gasteiger partial charge in [-0.3, -0.25) is 0 Å². The lowest BCUT2D eigenvalue weighted by atomic mass is 10.1. The van der Waals surface area contributed by atoms with Gasteiger partial charge in [0.05, 0.1) is 23.3 Å². The Morgan fingerprint density at radius 1 is 1.42 bits per heavy atom. The van der Waals surface area contributed by atoms with Gasteiger partial charge in [0, 0.05) is 12.2 Å². The normalized spacial score (nSPS) is 16.8. The Kier molecular flexibility index (Phi) is 3.67. The van der Waals surface area contributed by atoms with Crippen molar-refractivity contribution in [1.82, 2.24) is 0 Å². The fourth-order valence-electron chi connectivity index (χ4n) is 1.86. The molecule has 1 aromatic rings. The van der Waals surface area contributed by atoms with E-state index in [4.69, 9.17) is 5.26 Å². The van der Waals surface area contributed by atoms with Crippen LogP contribution in [0.1, 0.15) is 24.0 Å². The van der Waals surface area contributed by atoms with Gasteiger partial charge in [0.15, 0.2) is 0 Å². The predicted octanol–water partition coefficient (Wildman–Crippen LogP) is 2.76. The highest BCUT2D eigenvalue weighted by Crippen LogP contribution is 2.34. The molecule has 0 bridgehead atoms. The molecule has 0 amide bonds. The minimum Gasteiger partial charge on any atom is -0.391 e. The lowest BCUT2D eigenvalue weighted by Gasteiger charge is -2.14. The standard InChI is InChI=1S/C13H13F3N2O/c14-13(15,16)11-4-3-10(5-9(11)6-17)18-7-12(19)8-1-2-8/h3-5,8,12,18-19H,1-2,7H2. The summed E-state index contributed by atoms with van der Waals surface area (Å²) in [6, 6.07) is 4.84. The first kappa shape index (κ1) is 13.7. The van der Waals surface area contributed by atoms with Crippen LogP contribution in [-0.4, -0.2) is 17.8 Å². The number of hydrogen-bond acceptors (Lipinski definition) is 3. The third-order valence-electron chi connectivity index (χ3n) is 3.13. The first-order chi connectivity index (χ1) is 8.91.